The van der Waals surface area contributed by atoms with Crippen molar-refractivity contribution in [1.29, 1.82) is 0 Å². The van der Waals surface area contributed by atoms with E-state index in [1.807, 2.05) is 30.3 Å². The van der Waals surface area contributed by atoms with Crippen LogP contribution in [-0.4, -0.2) is 22.9 Å². The van der Waals surface area contributed by atoms with Crippen LogP contribution in [0.25, 0.3) is 10.9 Å². The third-order valence-corrected chi connectivity index (χ3v) is 3.45. The summed E-state index contributed by atoms with van der Waals surface area (Å²) in [6.07, 6.45) is -1.23. The van der Waals surface area contributed by atoms with Crippen molar-refractivity contribution < 1.29 is 13.2 Å². The minimum Gasteiger partial charge on any atom is -0.346 e. The molecular weight excluding hydrogens is 303 g/mol. The Balaban J connectivity index is 2.04. The fraction of sp³-hybridized carbons (Fsp3) is 0.176. The Hall–Kier alpha value is -2.63. The third-order valence-electron chi connectivity index (χ3n) is 3.45. The Bertz CT molecular complexity index is 793. The second kappa shape index (κ2) is 6.64. The van der Waals surface area contributed by atoms with Crippen LogP contribution in [0.4, 0.5) is 19.0 Å². The van der Waals surface area contributed by atoms with Gasteiger partial charge in [-0.3, -0.25) is 0 Å². The first-order valence-electron chi connectivity index (χ1n) is 7.11. The number of fused-ring (bicyclic) bond motifs is 1. The van der Waals surface area contributed by atoms with Crippen LogP contribution in [0.5, 0.6) is 0 Å². The molecule has 118 valence electrons. The number of halogens is 3. The van der Waals surface area contributed by atoms with Crippen molar-refractivity contribution in [2.75, 3.05) is 11.4 Å². The highest BCUT2D eigenvalue weighted by Crippen LogP contribution is 2.25. The monoisotopic (exact) mass is 317 g/mol. The molecule has 0 unspecified atom stereocenters. The van der Waals surface area contributed by atoms with E-state index in [4.69, 9.17) is 0 Å². The van der Waals surface area contributed by atoms with Crippen LogP contribution >= 0.6 is 0 Å². The van der Waals surface area contributed by atoms with Crippen molar-refractivity contribution in [2.45, 2.75) is 13.0 Å². The summed E-state index contributed by atoms with van der Waals surface area (Å²) in [5.74, 6) is -0.149. The lowest BCUT2D eigenvalue weighted by atomic mass is 10.2. The second-order valence-electron chi connectivity index (χ2n) is 5.12. The SMILES string of the molecule is Fc1ccc2ncnc(N(Cc3ccccc3)CC(F)F)c2c1. The van der Waals surface area contributed by atoms with E-state index in [1.165, 1.54) is 29.4 Å². The first-order valence-corrected chi connectivity index (χ1v) is 7.11. The third kappa shape index (κ3) is 3.59. The zero-order chi connectivity index (χ0) is 16.2. The van der Waals surface area contributed by atoms with E-state index < -0.39 is 18.8 Å². The average Bonchev–Trinajstić information content (AvgIpc) is 2.54. The summed E-state index contributed by atoms with van der Waals surface area (Å²) in [7, 11) is 0. The van der Waals surface area contributed by atoms with Crippen LogP contribution in [-0.2, 0) is 6.54 Å². The lowest BCUT2D eigenvalue weighted by molar-refractivity contribution is 0.154. The molecule has 0 spiro atoms. The largest absolute Gasteiger partial charge is 0.346 e. The highest BCUT2D eigenvalue weighted by atomic mass is 19.3. The van der Waals surface area contributed by atoms with E-state index in [-0.39, 0.29) is 6.54 Å². The predicted molar refractivity (Wildman–Crippen MR) is 83.0 cm³/mol. The molecule has 1 aromatic heterocycles. The van der Waals surface area contributed by atoms with E-state index >= 15 is 0 Å². The molecule has 0 atom stereocenters. The number of hydrogen-bond acceptors (Lipinski definition) is 3. The Morgan fingerprint density at radius 2 is 1.78 bits per heavy atom. The quantitative estimate of drug-likeness (QED) is 0.711. The predicted octanol–water partition coefficient (Wildman–Crippen LogP) is 4.04. The van der Waals surface area contributed by atoms with E-state index in [2.05, 4.69) is 9.97 Å². The Morgan fingerprint density at radius 3 is 2.52 bits per heavy atom. The van der Waals surface area contributed by atoms with Crippen molar-refractivity contribution in [3.63, 3.8) is 0 Å². The van der Waals surface area contributed by atoms with Gasteiger partial charge >= 0.3 is 0 Å². The molecule has 0 amide bonds. The molecule has 0 aliphatic carbocycles. The number of anilines is 1. The Kier molecular flexibility index (Phi) is 4.41. The fourth-order valence-corrected chi connectivity index (χ4v) is 2.46. The zero-order valence-electron chi connectivity index (χ0n) is 12.2. The van der Waals surface area contributed by atoms with Gasteiger partial charge in [-0.15, -0.1) is 0 Å². The van der Waals surface area contributed by atoms with Crippen LogP contribution in [0.2, 0.25) is 0 Å². The number of benzene rings is 2. The van der Waals surface area contributed by atoms with E-state index in [0.29, 0.717) is 16.7 Å². The summed E-state index contributed by atoms with van der Waals surface area (Å²) in [5, 5.41) is 0.420. The highest BCUT2D eigenvalue weighted by molar-refractivity contribution is 5.89. The molecule has 0 saturated heterocycles. The fourth-order valence-electron chi connectivity index (χ4n) is 2.46. The molecule has 3 rings (SSSR count). The van der Waals surface area contributed by atoms with Gasteiger partial charge in [-0.25, -0.2) is 23.1 Å². The summed E-state index contributed by atoms with van der Waals surface area (Å²) < 4.78 is 39.5. The van der Waals surface area contributed by atoms with Gasteiger partial charge in [0.15, 0.2) is 0 Å². The Labute approximate surface area is 131 Å². The lowest BCUT2D eigenvalue weighted by Crippen LogP contribution is -2.29. The van der Waals surface area contributed by atoms with E-state index in [9.17, 15) is 13.2 Å². The van der Waals surface area contributed by atoms with Gasteiger partial charge in [-0.2, -0.15) is 0 Å². The van der Waals surface area contributed by atoms with Gasteiger partial charge < -0.3 is 4.90 Å². The molecule has 0 radical (unpaired) electrons. The summed E-state index contributed by atoms with van der Waals surface area (Å²) in [5.41, 5.74) is 1.39. The van der Waals surface area contributed by atoms with Crippen molar-refractivity contribution in [3.05, 3.63) is 66.2 Å². The van der Waals surface area contributed by atoms with E-state index in [0.717, 1.165) is 5.56 Å². The standard InChI is InChI=1S/C17H14F3N3/c18-13-6-7-15-14(8-13)17(22-11-21-15)23(10-16(19)20)9-12-4-2-1-3-5-12/h1-8,11,16H,9-10H2. The number of hydrogen-bond donors (Lipinski definition) is 0. The van der Waals surface area contributed by atoms with Crippen molar-refractivity contribution >= 4 is 16.7 Å². The van der Waals surface area contributed by atoms with Gasteiger partial charge in [-0.05, 0) is 23.8 Å². The number of alkyl halides is 2. The van der Waals surface area contributed by atoms with Gasteiger partial charge in [0.1, 0.15) is 18.0 Å². The molecule has 0 aliphatic heterocycles. The molecule has 3 nitrogen and oxygen atoms in total. The zero-order valence-corrected chi connectivity index (χ0v) is 12.2. The first-order chi connectivity index (χ1) is 11.1. The van der Waals surface area contributed by atoms with Gasteiger partial charge in [-0.1, -0.05) is 30.3 Å². The summed E-state index contributed by atoms with van der Waals surface area (Å²) in [6.45, 7) is -0.231. The first kappa shape index (κ1) is 15.3. The molecule has 0 N–H and O–H groups in total. The van der Waals surface area contributed by atoms with Crippen LogP contribution in [0.15, 0.2) is 54.9 Å². The number of aromatic nitrogens is 2. The molecule has 6 heteroatoms. The molecule has 0 bridgehead atoms. The minimum absolute atomic E-state index is 0.258. The van der Waals surface area contributed by atoms with Crippen molar-refractivity contribution in [3.8, 4) is 0 Å². The smallest absolute Gasteiger partial charge is 0.255 e. The molecule has 0 aliphatic rings. The maximum absolute atomic E-state index is 13.5. The molecule has 23 heavy (non-hydrogen) atoms. The molecule has 1 heterocycles. The number of nitrogens with zero attached hydrogens (tertiary/aromatic N) is 3. The molecule has 3 aromatic rings. The molecule has 2 aromatic carbocycles. The maximum Gasteiger partial charge on any atom is 0.255 e. The molecule has 0 saturated carbocycles. The van der Waals surface area contributed by atoms with Gasteiger partial charge in [0.2, 0.25) is 0 Å². The Morgan fingerprint density at radius 1 is 1.00 bits per heavy atom. The summed E-state index contributed by atoms with van der Waals surface area (Å²) in [6, 6.07) is 13.3. The average molecular weight is 317 g/mol. The van der Waals surface area contributed by atoms with Crippen molar-refractivity contribution in [2.24, 2.45) is 0 Å². The molecule has 0 fully saturated rings. The van der Waals surface area contributed by atoms with Gasteiger partial charge in [0.05, 0.1) is 12.1 Å². The summed E-state index contributed by atoms with van der Waals surface area (Å²) in [4.78, 5) is 9.62. The normalized spacial score (nSPS) is 11.1. The highest BCUT2D eigenvalue weighted by Gasteiger charge is 2.17. The van der Waals surface area contributed by atoms with Crippen LogP contribution in [0.1, 0.15) is 5.56 Å². The maximum atomic E-state index is 13.5. The van der Waals surface area contributed by atoms with Crippen LogP contribution < -0.4 is 4.90 Å². The van der Waals surface area contributed by atoms with Crippen LogP contribution in [0.3, 0.4) is 0 Å². The molecular formula is C17H14F3N3. The minimum atomic E-state index is -2.53. The van der Waals surface area contributed by atoms with Crippen molar-refractivity contribution in [1.82, 2.24) is 9.97 Å². The van der Waals surface area contributed by atoms with E-state index in [1.54, 1.807) is 0 Å². The van der Waals surface area contributed by atoms with Gasteiger partial charge in [0, 0.05) is 11.9 Å². The summed E-state index contributed by atoms with van der Waals surface area (Å²) >= 11 is 0. The topological polar surface area (TPSA) is 29.0 Å². The number of rotatable bonds is 5. The lowest BCUT2D eigenvalue weighted by Gasteiger charge is -2.24. The van der Waals surface area contributed by atoms with Gasteiger partial charge in [0.25, 0.3) is 6.43 Å². The second-order valence-corrected chi connectivity index (χ2v) is 5.12. The van der Waals surface area contributed by atoms with Crippen LogP contribution in [0, 0.1) is 5.82 Å².